The Hall–Kier alpha value is -2.56. The summed E-state index contributed by atoms with van der Waals surface area (Å²) in [5, 5.41) is 2.68. The summed E-state index contributed by atoms with van der Waals surface area (Å²) in [5.74, 6) is -0.261. The molecule has 0 saturated heterocycles. The van der Waals surface area contributed by atoms with Gasteiger partial charge in [0.25, 0.3) is 5.91 Å². The molecule has 0 saturated carbocycles. The molecule has 0 aliphatic rings. The molecule has 0 fully saturated rings. The summed E-state index contributed by atoms with van der Waals surface area (Å²) in [6.07, 6.45) is 0.575. The highest BCUT2D eigenvalue weighted by Gasteiger charge is 2.23. The summed E-state index contributed by atoms with van der Waals surface area (Å²) < 4.78 is 10.2. The standard InChI is InChI=1S/C15H15NO4/c1-11(17)20-14(12-6-3-2-4-7-12)15(18)16-10-13-8-5-9-19-13/h2-9,14H,10H2,1H3,(H,16,18)/t14-/m0/s1. The molecule has 5 nitrogen and oxygen atoms in total. The Labute approximate surface area is 116 Å². The van der Waals surface area contributed by atoms with Crippen LogP contribution in [0.2, 0.25) is 0 Å². The van der Waals surface area contributed by atoms with Crippen molar-refractivity contribution >= 4 is 11.9 Å². The first kappa shape index (κ1) is 13.9. The lowest BCUT2D eigenvalue weighted by Gasteiger charge is -2.16. The minimum Gasteiger partial charge on any atom is -0.467 e. The van der Waals surface area contributed by atoms with Gasteiger partial charge in [0.1, 0.15) is 5.76 Å². The Kier molecular flexibility index (Phi) is 4.55. The van der Waals surface area contributed by atoms with Crippen molar-refractivity contribution in [3.8, 4) is 0 Å². The minimum absolute atomic E-state index is 0.246. The average molecular weight is 273 g/mol. The zero-order valence-corrected chi connectivity index (χ0v) is 11.0. The highest BCUT2D eigenvalue weighted by atomic mass is 16.5. The molecule has 1 N–H and O–H groups in total. The Morgan fingerprint density at radius 3 is 2.55 bits per heavy atom. The molecule has 1 aromatic heterocycles. The summed E-state index contributed by atoms with van der Waals surface area (Å²) >= 11 is 0. The number of carbonyl (C=O) groups is 2. The Morgan fingerprint density at radius 1 is 1.20 bits per heavy atom. The van der Waals surface area contributed by atoms with Crippen molar-refractivity contribution in [3.63, 3.8) is 0 Å². The quantitative estimate of drug-likeness (QED) is 0.848. The Balaban J connectivity index is 2.06. The summed E-state index contributed by atoms with van der Waals surface area (Å²) in [6.45, 7) is 1.52. The molecule has 5 heteroatoms. The lowest BCUT2D eigenvalue weighted by atomic mass is 10.1. The molecule has 0 bridgehead atoms. The van der Waals surface area contributed by atoms with E-state index >= 15 is 0 Å². The van der Waals surface area contributed by atoms with Crippen LogP contribution in [-0.4, -0.2) is 11.9 Å². The fourth-order valence-electron chi connectivity index (χ4n) is 1.75. The van der Waals surface area contributed by atoms with Crippen LogP contribution in [0.3, 0.4) is 0 Å². The molecule has 2 rings (SSSR count). The van der Waals surface area contributed by atoms with Crippen LogP contribution >= 0.6 is 0 Å². The van der Waals surface area contributed by atoms with E-state index in [1.165, 1.54) is 13.2 Å². The normalized spacial score (nSPS) is 11.7. The predicted molar refractivity (Wildman–Crippen MR) is 71.5 cm³/mol. The van der Waals surface area contributed by atoms with Gasteiger partial charge in [-0.05, 0) is 12.1 Å². The second kappa shape index (κ2) is 6.56. The lowest BCUT2D eigenvalue weighted by molar-refractivity contribution is -0.154. The number of rotatable bonds is 5. The first-order chi connectivity index (χ1) is 9.66. The zero-order chi connectivity index (χ0) is 14.4. The molecule has 20 heavy (non-hydrogen) atoms. The highest BCUT2D eigenvalue weighted by molar-refractivity contribution is 5.84. The van der Waals surface area contributed by atoms with Gasteiger partial charge in [-0.25, -0.2) is 0 Å². The first-order valence-electron chi connectivity index (χ1n) is 6.19. The van der Waals surface area contributed by atoms with Crippen molar-refractivity contribution < 1.29 is 18.7 Å². The van der Waals surface area contributed by atoms with Gasteiger partial charge in [-0.3, -0.25) is 9.59 Å². The van der Waals surface area contributed by atoms with E-state index < -0.39 is 12.1 Å². The van der Waals surface area contributed by atoms with Crippen LogP contribution in [0, 0.1) is 0 Å². The SMILES string of the molecule is CC(=O)O[C@H](C(=O)NCc1ccco1)c1ccccc1. The van der Waals surface area contributed by atoms with E-state index in [4.69, 9.17) is 9.15 Å². The van der Waals surface area contributed by atoms with Gasteiger partial charge in [0.15, 0.2) is 0 Å². The highest BCUT2D eigenvalue weighted by Crippen LogP contribution is 2.17. The topological polar surface area (TPSA) is 68.5 Å². The third-order valence-electron chi connectivity index (χ3n) is 2.64. The summed E-state index contributed by atoms with van der Waals surface area (Å²) in [6, 6.07) is 12.4. The maximum atomic E-state index is 12.1. The first-order valence-corrected chi connectivity index (χ1v) is 6.19. The van der Waals surface area contributed by atoms with Crippen LogP contribution < -0.4 is 5.32 Å². The van der Waals surface area contributed by atoms with E-state index in [0.29, 0.717) is 11.3 Å². The predicted octanol–water partition coefficient (Wildman–Crippen LogP) is 2.20. The molecule has 1 atom stereocenters. The fraction of sp³-hybridized carbons (Fsp3) is 0.200. The fourth-order valence-corrected chi connectivity index (χ4v) is 1.75. The number of ether oxygens (including phenoxy) is 1. The molecule has 0 spiro atoms. The largest absolute Gasteiger partial charge is 0.467 e. The molecular weight excluding hydrogens is 258 g/mol. The molecule has 1 heterocycles. The number of nitrogens with one attached hydrogen (secondary N) is 1. The molecule has 0 aliphatic heterocycles. The van der Waals surface area contributed by atoms with E-state index in [0.717, 1.165) is 0 Å². The minimum atomic E-state index is -0.955. The second-order valence-electron chi connectivity index (χ2n) is 4.20. The number of hydrogen-bond acceptors (Lipinski definition) is 4. The molecule has 2 aromatic rings. The Bertz CT molecular complexity index is 563. The average Bonchev–Trinajstić information content (AvgIpc) is 2.96. The van der Waals surface area contributed by atoms with Crippen LogP contribution in [0.25, 0.3) is 0 Å². The van der Waals surface area contributed by atoms with Crippen molar-refractivity contribution in [1.82, 2.24) is 5.32 Å². The number of carbonyl (C=O) groups excluding carboxylic acids is 2. The van der Waals surface area contributed by atoms with Gasteiger partial charge in [-0.15, -0.1) is 0 Å². The van der Waals surface area contributed by atoms with Gasteiger partial charge in [-0.2, -0.15) is 0 Å². The van der Waals surface area contributed by atoms with E-state index in [2.05, 4.69) is 5.32 Å². The third-order valence-corrected chi connectivity index (χ3v) is 2.64. The van der Waals surface area contributed by atoms with Gasteiger partial charge in [0.2, 0.25) is 6.10 Å². The van der Waals surface area contributed by atoms with Gasteiger partial charge >= 0.3 is 5.97 Å². The molecule has 0 unspecified atom stereocenters. The summed E-state index contributed by atoms with van der Waals surface area (Å²) in [4.78, 5) is 23.3. The summed E-state index contributed by atoms with van der Waals surface area (Å²) in [5.41, 5.74) is 0.625. The van der Waals surface area contributed by atoms with Gasteiger partial charge in [0, 0.05) is 12.5 Å². The number of furan rings is 1. The van der Waals surface area contributed by atoms with Crippen molar-refractivity contribution in [3.05, 3.63) is 60.1 Å². The number of esters is 1. The third kappa shape index (κ3) is 3.71. The van der Waals surface area contributed by atoms with Crippen LogP contribution in [-0.2, 0) is 20.9 Å². The van der Waals surface area contributed by atoms with Gasteiger partial charge < -0.3 is 14.5 Å². The Morgan fingerprint density at radius 2 is 1.95 bits per heavy atom. The van der Waals surface area contributed by atoms with E-state index in [-0.39, 0.29) is 12.5 Å². The number of amides is 1. The molecule has 0 aliphatic carbocycles. The van der Waals surface area contributed by atoms with Crippen molar-refractivity contribution in [2.24, 2.45) is 0 Å². The molecular formula is C15H15NO4. The number of hydrogen-bond donors (Lipinski definition) is 1. The van der Waals surface area contributed by atoms with Crippen molar-refractivity contribution in [2.75, 3.05) is 0 Å². The van der Waals surface area contributed by atoms with E-state index in [9.17, 15) is 9.59 Å². The zero-order valence-electron chi connectivity index (χ0n) is 11.0. The van der Waals surface area contributed by atoms with Crippen LogP contribution in [0.15, 0.2) is 53.1 Å². The van der Waals surface area contributed by atoms with Crippen molar-refractivity contribution in [2.45, 2.75) is 19.6 Å². The second-order valence-corrected chi connectivity index (χ2v) is 4.20. The van der Waals surface area contributed by atoms with Gasteiger partial charge in [-0.1, -0.05) is 30.3 Å². The molecule has 1 amide bonds. The smallest absolute Gasteiger partial charge is 0.303 e. The van der Waals surface area contributed by atoms with Crippen LogP contribution in [0.4, 0.5) is 0 Å². The maximum absolute atomic E-state index is 12.1. The monoisotopic (exact) mass is 273 g/mol. The lowest BCUT2D eigenvalue weighted by Crippen LogP contribution is -2.31. The van der Waals surface area contributed by atoms with E-state index in [1.54, 1.807) is 36.4 Å². The summed E-state index contributed by atoms with van der Waals surface area (Å²) in [7, 11) is 0. The maximum Gasteiger partial charge on any atom is 0.303 e. The number of benzene rings is 1. The van der Waals surface area contributed by atoms with Crippen LogP contribution in [0.5, 0.6) is 0 Å². The van der Waals surface area contributed by atoms with E-state index in [1.807, 2.05) is 6.07 Å². The van der Waals surface area contributed by atoms with Gasteiger partial charge in [0.05, 0.1) is 12.8 Å². The van der Waals surface area contributed by atoms with Crippen LogP contribution in [0.1, 0.15) is 24.4 Å². The van der Waals surface area contributed by atoms with Crippen molar-refractivity contribution in [1.29, 1.82) is 0 Å². The molecule has 104 valence electrons. The molecule has 1 aromatic carbocycles. The molecule has 0 radical (unpaired) electrons.